The van der Waals surface area contributed by atoms with Crippen LogP contribution in [0, 0.1) is 0 Å². The van der Waals surface area contributed by atoms with Crippen LogP contribution in [0.15, 0.2) is 13.6 Å². The van der Waals surface area contributed by atoms with Crippen molar-refractivity contribution in [2.75, 3.05) is 0 Å². The van der Waals surface area contributed by atoms with Crippen molar-refractivity contribution >= 4 is 43.2 Å². The lowest BCUT2D eigenvalue weighted by atomic mass is 10.3. The van der Waals surface area contributed by atoms with Crippen LogP contribution >= 0.6 is 43.2 Å². The molecule has 1 aromatic heterocycles. The molecule has 0 aromatic carbocycles. The summed E-state index contributed by atoms with van der Waals surface area (Å²) in [5.41, 5.74) is 1.38. The lowest BCUT2D eigenvalue weighted by Gasteiger charge is -1.85. The summed E-state index contributed by atoms with van der Waals surface area (Å²) in [7, 11) is 0. The van der Waals surface area contributed by atoms with Crippen LogP contribution in [0.3, 0.4) is 0 Å². The predicted octanol–water partition coefficient (Wildman–Crippen LogP) is 3.84. The van der Waals surface area contributed by atoms with Crippen LogP contribution in [0.5, 0.6) is 0 Å². The monoisotopic (exact) mass is 268 g/mol. The summed E-state index contributed by atoms with van der Waals surface area (Å²) in [5.74, 6) is 0. The van der Waals surface area contributed by atoms with E-state index in [2.05, 4.69) is 44.8 Å². The Kier molecular flexibility index (Phi) is 2.73. The summed E-state index contributed by atoms with van der Waals surface area (Å²) in [4.78, 5) is 0. The summed E-state index contributed by atoms with van der Waals surface area (Å²) in [5, 5.41) is 0. The van der Waals surface area contributed by atoms with E-state index in [0.29, 0.717) is 0 Å². The molecule has 9 heavy (non-hydrogen) atoms. The molecule has 0 amide bonds. The lowest BCUT2D eigenvalue weighted by Crippen LogP contribution is -1.70. The number of aryl methyl sites for hydroxylation is 1. The topological polar surface area (TPSA) is 0 Å². The first-order valence-corrected chi connectivity index (χ1v) is 5.08. The highest BCUT2D eigenvalue weighted by atomic mass is 79.9. The van der Waals surface area contributed by atoms with Gasteiger partial charge in [-0.05, 0) is 49.9 Å². The largest absolute Gasteiger partial charge is 0.121 e. The molecule has 0 bridgehead atoms. The zero-order valence-electron chi connectivity index (χ0n) is 4.95. The van der Waals surface area contributed by atoms with Crippen molar-refractivity contribution in [3.05, 3.63) is 19.2 Å². The van der Waals surface area contributed by atoms with Crippen molar-refractivity contribution in [1.29, 1.82) is 0 Å². The first kappa shape index (κ1) is 7.76. The van der Waals surface area contributed by atoms with Crippen LogP contribution in [-0.4, -0.2) is 0 Å². The number of rotatable bonds is 1. The van der Waals surface area contributed by atoms with Gasteiger partial charge >= 0.3 is 0 Å². The molecule has 50 valence electrons. The van der Waals surface area contributed by atoms with Gasteiger partial charge in [0.05, 0.1) is 7.57 Å². The Morgan fingerprint density at radius 1 is 1.56 bits per heavy atom. The number of hydrogen-bond acceptors (Lipinski definition) is 1. The Morgan fingerprint density at radius 2 is 2.22 bits per heavy atom. The van der Waals surface area contributed by atoms with Gasteiger partial charge in [0, 0.05) is 0 Å². The first-order valence-electron chi connectivity index (χ1n) is 2.67. The SMILES string of the molecule is CCc1cc(Br)sc1Br. The lowest BCUT2D eigenvalue weighted by molar-refractivity contribution is 1.15. The second kappa shape index (κ2) is 3.17. The van der Waals surface area contributed by atoms with Crippen LogP contribution in [0.2, 0.25) is 0 Å². The molecule has 0 aliphatic heterocycles. The third-order valence-electron chi connectivity index (χ3n) is 1.11. The third-order valence-corrected chi connectivity index (χ3v) is 3.57. The minimum absolute atomic E-state index is 1.10. The van der Waals surface area contributed by atoms with Gasteiger partial charge in [0.2, 0.25) is 0 Å². The van der Waals surface area contributed by atoms with E-state index < -0.39 is 0 Å². The molecule has 1 rings (SSSR count). The Balaban J connectivity index is 3.01. The van der Waals surface area contributed by atoms with Gasteiger partial charge in [0.1, 0.15) is 0 Å². The second-order valence-electron chi connectivity index (χ2n) is 1.70. The number of halogens is 2. The Labute approximate surface area is 75.5 Å². The normalized spacial score (nSPS) is 10.1. The fourth-order valence-corrected chi connectivity index (χ4v) is 3.65. The maximum atomic E-state index is 3.47. The molecule has 1 aromatic rings. The van der Waals surface area contributed by atoms with Crippen molar-refractivity contribution in [2.24, 2.45) is 0 Å². The molecule has 0 N–H and O–H groups in total. The van der Waals surface area contributed by atoms with Crippen molar-refractivity contribution in [2.45, 2.75) is 13.3 Å². The molecule has 1 heterocycles. The number of hydrogen-bond donors (Lipinski definition) is 0. The van der Waals surface area contributed by atoms with Gasteiger partial charge in [0.15, 0.2) is 0 Å². The highest BCUT2D eigenvalue weighted by Gasteiger charge is 2.00. The van der Waals surface area contributed by atoms with Gasteiger partial charge in [-0.25, -0.2) is 0 Å². The summed E-state index contributed by atoms with van der Waals surface area (Å²) < 4.78 is 2.45. The molecule has 0 radical (unpaired) electrons. The summed E-state index contributed by atoms with van der Waals surface area (Å²) >= 11 is 8.61. The second-order valence-corrected chi connectivity index (χ2v) is 5.45. The van der Waals surface area contributed by atoms with Gasteiger partial charge in [-0.15, -0.1) is 11.3 Å². The predicted molar refractivity (Wildman–Crippen MR) is 49.1 cm³/mol. The Morgan fingerprint density at radius 3 is 2.44 bits per heavy atom. The molecule has 3 heteroatoms. The van der Waals surface area contributed by atoms with Crippen molar-refractivity contribution in [1.82, 2.24) is 0 Å². The maximum Gasteiger partial charge on any atom is 0.0742 e. The van der Waals surface area contributed by atoms with E-state index in [4.69, 9.17) is 0 Å². The van der Waals surface area contributed by atoms with Crippen LogP contribution in [0.4, 0.5) is 0 Å². The average Bonchev–Trinajstić information content (AvgIpc) is 2.10. The van der Waals surface area contributed by atoms with Crippen molar-refractivity contribution in [3.8, 4) is 0 Å². The van der Waals surface area contributed by atoms with Gasteiger partial charge in [0.25, 0.3) is 0 Å². The van der Waals surface area contributed by atoms with Gasteiger partial charge in [-0.1, -0.05) is 6.92 Å². The molecule has 0 aliphatic rings. The van der Waals surface area contributed by atoms with Crippen LogP contribution < -0.4 is 0 Å². The first-order chi connectivity index (χ1) is 4.24. The molecular weight excluding hydrogens is 264 g/mol. The van der Waals surface area contributed by atoms with E-state index in [1.807, 2.05) is 0 Å². The Hall–Kier alpha value is 0.660. The quantitative estimate of drug-likeness (QED) is 0.727. The minimum atomic E-state index is 1.10. The van der Waals surface area contributed by atoms with E-state index in [1.165, 1.54) is 13.1 Å². The molecule has 0 saturated heterocycles. The van der Waals surface area contributed by atoms with E-state index in [9.17, 15) is 0 Å². The molecule has 0 nitrogen and oxygen atoms in total. The van der Waals surface area contributed by atoms with E-state index in [0.717, 1.165) is 6.42 Å². The highest BCUT2D eigenvalue weighted by Crippen LogP contribution is 2.31. The van der Waals surface area contributed by atoms with E-state index >= 15 is 0 Å². The zero-order valence-corrected chi connectivity index (χ0v) is 8.94. The van der Waals surface area contributed by atoms with Crippen LogP contribution in [0.25, 0.3) is 0 Å². The third kappa shape index (κ3) is 1.79. The standard InChI is InChI=1S/C6H6Br2S/c1-2-4-3-5(7)9-6(4)8/h3H,2H2,1H3. The fourth-order valence-electron chi connectivity index (χ4n) is 0.615. The summed E-state index contributed by atoms with van der Waals surface area (Å²) in [6.07, 6.45) is 1.10. The summed E-state index contributed by atoms with van der Waals surface area (Å²) in [6.45, 7) is 2.15. The summed E-state index contributed by atoms with van der Waals surface area (Å²) in [6, 6.07) is 2.15. The molecule has 0 saturated carbocycles. The molecule has 0 unspecified atom stereocenters. The molecule has 0 atom stereocenters. The number of thiophene rings is 1. The van der Waals surface area contributed by atoms with Gasteiger partial charge in [-0.3, -0.25) is 0 Å². The molecular formula is C6H6Br2S. The van der Waals surface area contributed by atoms with Crippen molar-refractivity contribution < 1.29 is 0 Å². The molecule has 0 aliphatic carbocycles. The van der Waals surface area contributed by atoms with E-state index in [-0.39, 0.29) is 0 Å². The zero-order chi connectivity index (χ0) is 6.85. The van der Waals surface area contributed by atoms with Crippen LogP contribution in [-0.2, 0) is 6.42 Å². The fraction of sp³-hybridized carbons (Fsp3) is 0.333. The van der Waals surface area contributed by atoms with E-state index in [1.54, 1.807) is 11.3 Å². The molecule has 0 fully saturated rings. The van der Waals surface area contributed by atoms with Crippen LogP contribution in [0.1, 0.15) is 12.5 Å². The highest BCUT2D eigenvalue weighted by molar-refractivity contribution is 9.12. The van der Waals surface area contributed by atoms with Gasteiger partial charge < -0.3 is 0 Å². The van der Waals surface area contributed by atoms with Crippen molar-refractivity contribution in [3.63, 3.8) is 0 Å². The average molecular weight is 270 g/mol. The maximum absolute atomic E-state index is 3.47. The molecule has 0 spiro atoms. The minimum Gasteiger partial charge on any atom is -0.121 e. The van der Waals surface area contributed by atoms with Gasteiger partial charge in [-0.2, -0.15) is 0 Å². The smallest absolute Gasteiger partial charge is 0.0742 e. The Bertz CT molecular complexity index is 205.